The topological polar surface area (TPSA) is 90.4 Å². The van der Waals surface area contributed by atoms with E-state index in [0.717, 1.165) is 12.8 Å². The number of carbonyl (C=O) groups excluding carboxylic acids is 1. The van der Waals surface area contributed by atoms with Crippen molar-refractivity contribution in [3.8, 4) is 0 Å². The highest BCUT2D eigenvalue weighted by Gasteiger charge is 2.32. The van der Waals surface area contributed by atoms with Crippen LogP contribution in [0.15, 0.2) is 15.0 Å². The molecule has 1 atom stereocenters. The summed E-state index contributed by atoms with van der Waals surface area (Å²) in [6.45, 7) is 8.97. The number of aryl methyl sites for hydroxylation is 2. The first-order chi connectivity index (χ1) is 12.0. The van der Waals surface area contributed by atoms with Crippen LogP contribution in [-0.4, -0.2) is 29.3 Å². The summed E-state index contributed by atoms with van der Waals surface area (Å²) in [7, 11) is 0. The van der Waals surface area contributed by atoms with Crippen molar-refractivity contribution in [1.29, 1.82) is 0 Å². The average Bonchev–Trinajstić information content (AvgIpc) is 3.20. The first-order valence-corrected chi connectivity index (χ1v) is 8.75. The normalized spacial score (nSPS) is 17.0. The lowest BCUT2D eigenvalue weighted by Crippen LogP contribution is -2.36. The number of hydrogen-bond acceptors (Lipinski definition) is 6. The Morgan fingerprint density at radius 3 is 2.56 bits per heavy atom. The van der Waals surface area contributed by atoms with Gasteiger partial charge in [0.05, 0.1) is 5.56 Å². The van der Waals surface area contributed by atoms with Crippen LogP contribution in [0, 0.1) is 19.8 Å². The molecule has 2 aromatic heterocycles. The molecule has 7 heteroatoms. The van der Waals surface area contributed by atoms with Crippen molar-refractivity contribution in [3.05, 3.63) is 34.9 Å². The number of hydrogen-bond donors (Lipinski definition) is 1. The first-order valence-electron chi connectivity index (χ1n) is 8.75. The Kier molecular flexibility index (Phi) is 5.22. The van der Waals surface area contributed by atoms with Crippen LogP contribution in [0.3, 0.4) is 0 Å². The summed E-state index contributed by atoms with van der Waals surface area (Å²) in [4.78, 5) is 17.3. The van der Waals surface area contributed by atoms with Crippen molar-refractivity contribution in [2.75, 3.05) is 13.2 Å². The lowest BCUT2D eigenvalue weighted by Gasteiger charge is -2.28. The largest absolute Gasteiger partial charge is 0.466 e. The Balaban J connectivity index is 1.85. The van der Waals surface area contributed by atoms with E-state index in [0.29, 0.717) is 42.0 Å². The van der Waals surface area contributed by atoms with Crippen molar-refractivity contribution < 1.29 is 18.5 Å². The molecule has 25 heavy (non-hydrogen) atoms. The first kappa shape index (κ1) is 17.7. The number of furan rings is 1. The zero-order valence-electron chi connectivity index (χ0n) is 15.2. The number of amides is 1. The van der Waals surface area contributed by atoms with Crippen molar-refractivity contribution in [2.45, 2.75) is 52.5 Å². The van der Waals surface area contributed by atoms with E-state index in [1.165, 1.54) is 0 Å². The highest BCUT2D eigenvalue weighted by Crippen LogP contribution is 2.30. The van der Waals surface area contributed by atoms with Gasteiger partial charge in [-0.05, 0) is 38.7 Å². The van der Waals surface area contributed by atoms with Gasteiger partial charge in [-0.1, -0.05) is 19.0 Å². The summed E-state index contributed by atoms with van der Waals surface area (Å²) in [5, 5.41) is 7.12. The van der Waals surface area contributed by atoms with Gasteiger partial charge >= 0.3 is 0 Å². The van der Waals surface area contributed by atoms with Crippen molar-refractivity contribution >= 4 is 5.91 Å². The molecule has 1 N–H and O–H groups in total. The fourth-order valence-electron chi connectivity index (χ4n) is 3.11. The molecule has 0 aliphatic carbocycles. The van der Waals surface area contributed by atoms with E-state index in [2.05, 4.69) is 15.5 Å². The fourth-order valence-corrected chi connectivity index (χ4v) is 3.11. The SMILES string of the molecule is Cc1cc(C(=O)NC(c2nc(C(C)C)no2)C2CCOCC2)c(C)o1. The number of nitrogens with zero attached hydrogens (tertiary/aromatic N) is 2. The van der Waals surface area contributed by atoms with E-state index in [1.807, 2.05) is 20.8 Å². The van der Waals surface area contributed by atoms with Gasteiger partial charge in [-0.2, -0.15) is 4.98 Å². The van der Waals surface area contributed by atoms with Crippen LogP contribution in [-0.2, 0) is 4.74 Å². The van der Waals surface area contributed by atoms with Crippen molar-refractivity contribution in [3.63, 3.8) is 0 Å². The minimum absolute atomic E-state index is 0.169. The van der Waals surface area contributed by atoms with Crippen LogP contribution in [0.2, 0.25) is 0 Å². The molecule has 1 unspecified atom stereocenters. The van der Waals surface area contributed by atoms with Gasteiger partial charge in [0.1, 0.15) is 17.6 Å². The zero-order valence-corrected chi connectivity index (χ0v) is 15.2. The maximum atomic E-state index is 12.8. The smallest absolute Gasteiger partial charge is 0.255 e. The summed E-state index contributed by atoms with van der Waals surface area (Å²) in [6, 6.07) is 1.42. The Bertz CT molecular complexity index is 729. The summed E-state index contributed by atoms with van der Waals surface area (Å²) >= 11 is 0. The maximum Gasteiger partial charge on any atom is 0.255 e. The molecule has 136 valence electrons. The van der Waals surface area contributed by atoms with Gasteiger partial charge in [0.2, 0.25) is 5.89 Å². The molecule has 0 saturated carbocycles. The number of rotatable bonds is 5. The molecule has 0 bridgehead atoms. The molecule has 7 nitrogen and oxygen atoms in total. The molecule has 1 aliphatic rings. The van der Waals surface area contributed by atoms with Gasteiger partial charge in [0.15, 0.2) is 5.82 Å². The molecule has 0 spiro atoms. The number of carbonyl (C=O) groups is 1. The van der Waals surface area contributed by atoms with Crippen molar-refractivity contribution in [2.24, 2.45) is 5.92 Å². The molecule has 2 aromatic rings. The fraction of sp³-hybridized carbons (Fsp3) is 0.611. The van der Waals surface area contributed by atoms with Gasteiger partial charge in [-0.3, -0.25) is 4.79 Å². The van der Waals surface area contributed by atoms with Crippen LogP contribution >= 0.6 is 0 Å². The Morgan fingerprint density at radius 1 is 1.28 bits per heavy atom. The molecule has 3 rings (SSSR count). The number of ether oxygens (including phenoxy) is 1. The summed E-state index contributed by atoms with van der Waals surface area (Å²) in [6.07, 6.45) is 1.68. The van der Waals surface area contributed by atoms with E-state index in [9.17, 15) is 4.79 Å². The van der Waals surface area contributed by atoms with Crippen molar-refractivity contribution in [1.82, 2.24) is 15.5 Å². The van der Waals surface area contributed by atoms with E-state index in [1.54, 1.807) is 13.0 Å². The van der Waals surface area contributed by atoms with Gasteiger partial charge in [0, 0.05) is 19.1 Å². The highest BCUT2D eigenvalue weighted by molar-refractivity contribution is 5.95. The lowest BCUT2D eigenvalue weighted by atomic mass is 9.91. The second kappa shape index (κ2) is 7.39. The van der Waals surface area contributed by atoms with Crippen LogP contribution in [0.4, 0.5) is 0 Å². The van der Waals surface area contributed by atoms with E-state index in [-0.39, 0.29) is 23.8 Å². The van der Waals surface area contributed by atoms with Crippen LogP contribution in [0.5, 0.6) is 0 Å². The van der Waals surface area contributed by atoms with Gasteiger partial charge in [-0.25, -0.2) is 0 Å². The summed E-state index contributed by atoms with van der Waals surface area (Å²) in [5.41, 5.74) is 0.540. The molecule has 0 radical (unpaired) electrons. The Morgan fingerprint density at radius 2 is 2.00 bits per heavy atom. The molecular weight excluding hydrogens is 322 g/mol. The molecule has 3 heterocycles. The van der Waals surface area contributed by atoms with E-state index < -0.39 is 0 Å². The number of nitrogens with one attached hydrogen (secondary N) is 1. The predicted octanol–water partition coefficient (Wildman–Crippen LogP) is 3.30. The van der Waals surface area contributed by atoms with Crippen LogP contribution in [0.25, 0.3) is 0 Å². The molecule has 1 fully saturated rings. The molecular formula is C18H25N3O4. The van der Waals surface area contributed by atoms with Gasteiger partial charge in [-0.15, -0.1) is 0 Å². The summed E-state index contributed by atoms with van der Waals surface area (Å²) < 4.78 is 16.4. The Labute approximate surface area is 147 Å². The second-order valence-corrected chi connectivity index (χ2v) is 6.87. The predicted molar refractivity (Wildman–Crippen MR) is 90.3 cm³/mol. The quantitative estimate of drug-likeness (QED) is 0.892. The summed E-state index contributed by atoms with van der Waals surface area (Å²) in [5.74, 6) is 2.61. The minimum atomic E-state index is -0.328. The van der Waals surface area contributed by atoms with Gasteiger partial charge < -0.3 is 19.0 Å². The third-order valence-electron chi connectivity index (χ3n) is 4.55. The molecule has 1 amide bonds. The molecule has 1 aliphatic heterocycles. The third kappa shape index (κ3) is 3.92. The Hall–Kier alpha value is -2.15. The van der Waals surface area contributed by atoms with Crippen LogP contribution < -0.4 is 5.32 Å². The second-order valence-electron chi connectivity index (χ2n) is 6.87. The standard InChI is InChI=1S/C18H25N3O4/c1-10(2)16-20-18(25-21-16)15(13-5-7-23-8-6-13)19-17(22)14-9-11(3)24-12(14)4/h9-10,13,15H,5-8H2,1-4H3,(H,19,22). The average molecular weight is 347 g/mol. The molecule has 1 saturated heterocycles. The maximum absolute atomic E-state index is 12.8. The third-order valence-corrected chi connectivity index (χ3v) is 4.55. The van der Waals surface area contributed by atoms with Crippen LogP contribution in [0.1, 0.15) is 72.2 Å². The van der Waals surface area contributed by atoms with E-state index in [4.69, 9.17) is 13.7 Å². The minimum Gasteiger partial charge on any atom is -0.466 e. The highest BCUT2D eigenvalue weighted by atomic mass is 16.5. The van der Waals surface area contributed by atoms with Gasteiger partial charge in [0.25, 0.3) is 5.91 Å². The number of aromatic nitrogens is 2. The van der Waals surface area contributed by atoms with E-state index >= 15 is 0 Å². The monoisotopic (exact) mass is 347 g/mol. The lowest BCUT2D eigenvalue weighted by molar-refractivity contribution is 0.0467. The zero-order chi connectivity index (χ0) is 18.0. The molecule has 0 aromatic carbocycles.